The SMILES string of the molecule is O=C(Nc1cccc(-n2ccnn2)c1)[C@H]1COCCN1CC1CCC1. The molecule has 1 N–H and O–H groups in total. The fourth-order valence-electron chi connectivity index (χ4n) is 3.40. The second kappa shape index (κ2) is 7.33. The molecule has 1 atom stereocenters. The van der Waals surface area contributed by atoms with Crippen molar-refractivity contribution in [2.24, 2.45) is 5.92 Å². The van der Waals surface area contributed by atoms with E-state index in [0.717, 1.165) is 30.4 Å². The Labute approximate surface area is 147 Å². The number of hydrogen-bond donors (Lipinski definition) is 1. The summed E-state index contributed by atoms with van der Waals surface area (Å²) in [4.78, 5) is 15.1. The monoisotopic (exact) mass is 341 g/mol. The minimum atomic E-state index is -0.218. The van der Waals surface area contributed by atoms with Crippen molar-refractivity contribution in [2.45, 2.75) is 25.3 Å². The number of carbonyl (C=O) groups is 1. The van der Waals surface area contributed by atoms with Gasteiger partial charge in [0, 0.05) is 18.8 Å². The number of rotatable bonds is 5. The zero-order valence-electron chi connectivity index (χ0n) is 14.2. The number of aromatic nitrogens is 3. The summed E-state index contributed by atoms with van der Waals surface area (Å²) in [5, 5.41) is 10.8. The number of nitrogens with one attached hydrogen (secondary N) is 1. The topological polar surface area (TPSA) is 72.3 Å². The van der Waals surface area contributed by atoms with Gasteiger partial charge in [-0.3, -0.25) is 9.69 Å². The second-order valence-electron chi connectivity index (χ2n) is 6.77. The van der Waals surface area contributed by atoms with Crippen LogP contribution in [0.3, 0.4) is 0 Å². The highest BCUT2D eigenvalue weighted by Gasteiger charge is 2.32. The van der Waals surface area contributed by atoms with E-state index in [2.05, 4.69) is 20.5 Å². The summed E-state index contributed by atoms with van der Waals surface area (Å²) in [7, 11) is 0. The lowest BCUT2D eigenvalue weighted by molar-refractivity contribution is -0.128. The molecule has 1 amide bonds. The van der Waals surface area contributed by atoms with Crippen LogP contribution in [0.4, 0.5) is 5.69 Å². The summed E-state index contributed by atoms with van der Waals surface area (Å²) >= 11 is 0. The van der Waals surface area contributed by atoms with Gasteiger partial charge in [-0.15, -0.1) is 5.10 Å². The summed E-state index contributed by atoms with van der Waals surface area (Å²) < 4.78 is 7.23. The van der Waals surface area contributed by atoms with E-state index < -0.39 is 0 Å². The first kappa shape index (κ1) is 16.2. The number of amides is 1. The van der Waals surface area contributed by atoms with Gasteiger partial charge in [-0.25, -0.2) is 4.68 Å². The van der Waals surface area contributed by atoms with Gasteiger partial charge >= 0.3 is 0 Å². The molecular formula is C18H23N5O2. The summed E-state index contributed by atoms with van der Waals surface area (Å²) in [5.41, 5.74) is 1.62. The number of hydrogen-bond acceptors (Lipinski definition) is 5. The van der Waals surface area contributed by atoms with Gasteiger partial charge in [-0.1, -0.05) is 17.7 Å². The van der Waals surface area contributed by atoms with E-state index in [1.54, 1.807) is 17.1 Å². The smallest absolute Gasteiger partial charge is 0.244 e. The van der Waals surface area contributed by atoms with Crippen molar-refractivity contribution in [3.8, 4) is 5.69 Å². The number of ether oxygens (including phenoxy) is 1. The highest BCUT2D eigenvalue weighted by atomic mass is 16.5. The van der Waals surface area contributed by atoms with Crippen molar-refractivity contribution in [3.05, 3.63) is 36.7 Å². The molecule has 2 heterocycles. The standard InChI is InChI=1S/C18H23N5O2/c24-18(17-13-25-10-9-22(17)12-14-3-1-4-14)20-15-5-2-6-16(11-15)23-8-7-19-21-23/h2,5-8,11,14,17H,1,3-4,9-10,12-13H2,(H,20,24)/t17-/m1/s1. The molecule has 1 aromatic carbocycles. The van der Waals surface area contributed by atoms with E-state index in [1.807, 2.05) is 24.3 Å². The highest BCUT2D eigenvalue weighted by molar-refractivity contribution is 5.95. The number of anilines is 1. The average Bonchev–Trinajstić information content (AvgIpc) is 3.13. The average molecular weight is 341 g/mol. The van der Waals surface area contributed by atoms with E-state index in [0.29, 0.717) is 13.2 Å². The maximum absolute atomic E-state index is 12.8. The van der Waals surface area contributed by atoms with Crippen molar-refractivity contribution in [3.63, 3.8) is 0 Å². The maximum Gasteiger partial charge on any atom is 0.244 e. The van der Waals surface area contributed by atoms with Crippen LogP contribution in [0.5, 0.6) is 0 Å². The Kier molecular flexibility index (Phi) is 4.76. The van der Waals surface area contributed by atoms with Crippen LogP contribution in [0.1, 0.15) is 19.3 Å². The van der Waals surface area contributed by atoms with Crippen molar-refractivity contribution < 1.29 is 9.53 Å². The van der Waals surface area contributed by atoms with Gasteiger partial charge in [0.2, 0.25) is 5.91 Å². The van der Waals surface area contributed by atoms with Crippen LogP contribution in [0, 0.1) is 5.92 Å². The van der Waals surface area contributed by atoms with Gasteiger partial charge < -0.3 is 10.1 Å². The molecule has 1 saturated heterocycles. The molecule has 25 heavy (non-hydrogen) atoms. The molecule has 0 bridgehead atoms. The molecule has 0 unspecified atom stereocenters. The van der Waals surface area contributed by atoms with Crippen molar-refractivity contribution in [2.75, 3.05) is 31.6 Å². The fraction of sp³-hybridized carbons (Fsp3) is 0.500. The zero-order chi connectivity index (χ0) is 17.1. The number of benzene rings is 1. The molecule has 2 aromatic rings. The predicted molar refractivity (Wildman–Crippen MR) is 93.5 cm³/mol. The summed E-state index contributed by atoms with van der Waals surface area (Å²) in [6.07, 6.45) is 7.29. The maximum atomic E-state index is 12.8. The van der Waals surface area contributed by atoms with Gasteiger partial charge in [0.15, 0.2) is 0 Å². The van der Waals surface area contributed by atoms with Crippen molar-refractivity contribution >= 4 is 11.6 Å². The van der Waals surface area contributed by atoms with Gasteiger partial charge in [0.05, 0.1) is 31.3 Å². The van der Waals surface area contributed by atoms with Gasteiger partial charge in [-0.05, 0) is 37.0 Å². The molecule has 1 saturated carbocycles. The van der Waals surface area contributed by atoms with Gasteiger partial charge in [-0.2, -0.15) is 0 Å². The minimum absolute atomic E-state index is 0.00485. The normalized spacial score (nSPS) is 21.7. The van der Waals surface area contributed by atoms with Crippen LogP contribution in [0.25, 0.3) is 5.69 Å². The minimum Gasteiger partial charge on any atom is -0.378 e. The van der Waals surface area contributed by atoms with E-state index in [9.17, 15) is 4.79 Å². The first-order valence-electron chi connectivity index (χ1n) is 8.89. The number of nitrogens with zero attached hydrogens (tertiary/aromatic N) is 4. The van der Waals surface area contributed by atoms with Crippen molar-refractivity contribution in [1.29, 1.82) is 0 Å². The van der Waals surface area contributed by atoms with Crippen LogP contribution in [0.2, 0.25) is 0 Å². The molecule has 7 heteroatoms. The number of carbonyl (C=O) groups excluding carboxylic acids is 1. The van der Waals surface area contributed by atoms with E-state index in [-0.39, 0.29) is 11.9 Å². The summed E-state index contributed by atoms with van der Waals surface area (Å²) in [6, 6.07) is 7.39. The molecule has 4 rings (SSSR count). The van der Waals surface area contributed by atoms with E-state index in [4.69, 9.17) is 4.74 Å². The molecular weight excluding hydrogens is 318 g/mol. The Morgan fingerprint density at radius 3 is 3.04 bits per heavy atom. The molecule has 132 valence electrons. The Morgan fingerprint density at radius 2 is 2.28 bits per heavy atom. The molecule has 1 aliphatic heterocycles. The quantitative estimate of drug-likeness (QED) is 0.896. The Morgan fingerprint density at radius 1 is 1.36 bits per heavy atom. The molecule has 2 fully saturated rings. The lowest BCUT2D eigenvalue weighted by atomic mass is 9.84. The van der Waals surface area contributed by atoms with E-state index in [1.165, 1.54) is 19.3 Å². The first-order chi connectivity index (χ1) is 12.3. The Balaban J connectivity index is 1.44. The highest BCUT2D eigenvalue weighted by Crippen LogP contribution is 2.28. The van der Waals surface area contributed by atoms with Crippen LogP contribution in [0.15, 0.2) is 36.7 Å². The summed E-state index contributed by atoms with van der Waals surface area (Å²) in [6.45, 7) is 2.99. The molecule has 0 spiro atoms. The fourth-order valence-corrected chi connectivity index (χ4v) is 3.40. The molecule has 7 nitrogen and oxygen atoms in total. The van der Waals surface area contributed by atoms with Gasteiger partial charge in [0.25, 0.3) is 0 Å². The van der Waals surface area contributed by atoms with Crippen molar-refractivity contribution in [1.82, 2.24) is 19.9 Å². The third kappa shape index (κ3) is 3.72. The number of morpholine rings is 1. The lowest BCUT2D eigenvalue weighted by Crippen LogP contribution is -2.53. The predicted octanol–water partition coefficient (Wildman–Crippen LogP) is 1.71. The summed E-state index contributed by atoms with van der Waals surface area (Å²) in [5.74, 6) is 0.735. The Hall–Kier alpha value is -2.25. The molecule has 0 radical (unpaired) electrons. The third-order valence-electron chi connectivity index (χ3n) is 5.06. The second-order valence-corrected chi connectivity index (χ2v) is 6.77. The zero-order valence-corrected chi connectivity index (χ0v) is 14.2. The lowest BCUT2D eigenvalue weighted by Gasteiger charge is -2.39. The van der Waals surface area contributed by atoms with Crippen LogP contribution in [-0.2, 0) is 9.53 Å². The van der Waals surface area contributed by atoms with Crippen LogP contribution >= 0.6 is 0 Å². The van der Waals surface area contributed by atoms with Crippen LogP contribution < -0.4 is 5.32 Å². The molecule has 1 aromatic heterocycles. The largest absolute Gasteiger partial charge is 0.378 e. The first-order valence-corrected chi connectivity index (χ1v) is 8.89. The van der Waals surface area contributed by atoms with Gasteiger partial charge in [0.1, 0.15) is 6.04 Å². The molecule has 1 aliphatic carbocycles. The van der Waals surface area contributed by atoms with E-state index >= 15 is 0 Å². The molecule has 2 aliphatic rings. The Bertz CT molecular complexity index is 714. The van der Waals surface area contributed by atoms with Crippen LogP contribution in [-0.4, -0.2) is 58.1 Å². The third-order valence-corrected chi connectivity index (χ3v) is 5.06.